The number of aromatic nitrogens is 4. The number of imidazole rings is 1. The van der Waals surface area contributed by atoms with E-state index in [1.165, 1.54) is 0 Å². The van der Waals surface area contributed by atoms with Crippen molar-refractivity contribution in [2.45, 2.75) is 32.9 Å². The third-order valence-corrected chi connectivity index (χ3v) is 7.44. The summed E-state index contributed by atoms with van der Waals surface area (Å²) in [6, 6.07) is 7.26. The summed E-state index contributed by atoms with van der Waals surface area (Å²) < 4.78 is 27.4. The summed E-state index contributed by atoms with van der Waals surface area (Å²) in [4.78, 5) is 18.6. The first-order valence-electron chi connectivity index (χ1n) is 9.84. The van der Waals surface area contributed by atoms with Crippen LogP contribution in [0.4, 0.5) is 0 Å². The minimum Gasteiger partial charge on any atom is -0.337 e. The highest BCUT2D eigenvalue weighted by atomic mass is 32.2. The van der Waals surface area contributed by atoms with Crippen LogP contribution in [0.25, 0.3) is 5.69 Å². The molecule has 2 aromatic heterocycles. The molecule has 1 saturated heterocycles. The summed E-state index contributed by atoms with van der Waals surface area (Å²) in [5.41, 5.74) is 4.25. The first-order chi connectivity index (χ1) is 14.2. The van der Waals surface area contributed by atoms with Crippen molar-refractivity contribution in [3.05, 3.63) is 65.5 Å². The van der Waals surface area contributed by atoms with Gasteiger partial charge in [-0.05, 0) is 44.5 Å². The number of nitrogens with zero attached hydrogens (tertiary/aromatic N) is 5. The molecule has 3 heterocycles. The van der Waals surface area contributed by atoms with Crippen molar-refractivity contribution in [1.82, 2.24) is 24.2 Å². The van der Waals surface area contributed by atoms with Gasteiger partial charge in [-0.3, -0.25) is 9.48 Å². The molecule has 30 heavy (non-hydrogen) atoms. The second-order valence-electron chi connectivity index (χ2n) is 7.83. The average Bonchev–Trinajstić information content (AvgIpc) is 3.43. The molecule has 158 valence electrons. The second kappa shape index (κ2) is 7.71. The van der Waals surface area contributed by atoms with Gasteiger partial charge >= 0.3 is 0 Å². The van der Waals surface area contributed by atoms with Gasteiger partial charge in [0.15, 0.2) is 9.84 Å². The molecule has 0 bridgehead atoms. The zero-order valence-electron chi connectivity index (χ0n) is 17.3. The van der Waals surface area contributed by atoms with Crippen LogP contribution in [0.1, 0.15) is 39.8 Å². The molecule has 0 aliphatic carbocycles. The Kier molecular flexibility index (Phi) is 5.23. The van der Waals surface area contributed by atoms with E-state index in [0.717, 1.165) is 22.6 Å². The van der Waals surface area contributed by atoms with Crippen molar-refractivity contribution in [2.24, 2.45) is 0 Å². The zero-order chi connectivity index (χ0) is 21.5. The topological polar surface area (TPSA) is 90.1 Å². The van der Waals surface area contributed by atoms with Crippen LogP contribution in [0.2, 0.25) is 0 Å². The summed E-state index contributed by atoms with van der Waals surface area (Å²) in [5.74, 6) is 0.257. The zero-order valence-corrected chi connectivity index (χ0v) is 18.1. The van der Waals surface area contributed by atoms with Gasteiger partial charge in [-0.1, -0.05) is 0 Å². The second-order valence-corrected chi connectivity index (χ2v) is 10.1. The SMILES string of the molecule is Cc1nn([C@@H]2CCS(=O)(=O)C2)c(C)c1CN(C)C(=O)c1ccc(-n2ccnc2)cc1. The molecule has 9 heteroatoms. The van der Waals surface area contributed by atoms with Crippen LogP contribution in [0.3, 0.4) is 0 Å². The standard InChI is InChI=1S/C21H25N5O3S/c1-15-20(16(2)26(23-15)19-8-11-30(28,29)13-19)12-24(3)21(27)17-4-6-18(7-5-17)25-10-9-22-14-25/h4-7,9-10,14,19H,8,11-13H2,1-3H3/t19-/m1/s1. The number of carbonyl (C=O) groups excluding carboxylic acids is 1. The summed E-state index contributed by atoms with van der Waals surface area (Å²) in [6.45, 7) is 4.26. The van der Waals surface area contributed by atoms with Gasteiger partial charge in [0.1, 0.15) is 0 Å². The van der Waals surface area contributed by atoms with Crippen LogP contribution in [-0.4, -0.2) is 57.1 Å². The molecule has 0 radical (unpaired) electrons. The lowest BCUT2D eigenvalue weighted by Crippen LogP contribution is -2.26. The Balaban J connectivity index is 1.50. The third kappa shape index (κ3) is 3.89. The lowest BCUT2D eigenvalue weighted by molar-refractivity contribution is 0.0784. The Hall–Kier alpha value is -2.94. The number of rotatable bonds is 5. The third-order valence-electron chi connectivity index (χ3n) is 5.69. The highest BCUT2D eigenvalue weighted by molar-refractivity contribution is 7.91. The largest absolute Gasteiger partial charge is 0.337 e. The van der Waals surface area contributed by atoms with Gasteiger partial charge in [-0.2, -0.15) is 5.10 Å². The number of aryl methyl sites for hydroxylation is 1. The van der Waals surface area contributed by atoms with E-state index >= 15 is 0 Å². The lowest BCUT2D eigenvalue weighted by Gasteiger charge is -2.18. The quantitative estimate of drug-likeness (QED) is 0.623. The number of hydrogen-bond donors (Lipinski definition) is 0. The first-order valence-corrected chi connectivity index (χ1v) is 11.7. The molecule has 1 amide bonds. The van der Waals surface area contributed by atoms with Gasteiger partial charge in [-0.25, -0.2) is 13.4 Å². The van der Waals surface area contributed by atoms with Crippen LogP contribution in [0, 0.1) is 13.8 Å². The van der Waals surface area contributed by atoms with Crippen molar-refractivity contribution < 1.29 is 13.2 Å². The molecule has 1 aromatic carbocycles. The monoisotopic (exact) mass is 427 g/mol. The van der Waals surface area contributed by atoms with Gasteiger partial charge in [0, 0.05) is 48.5 Å². The highest BCUT2D eigenvalue weighted by Gasteiger charge is 2.31. The minimum absolute atomic E-state index is 0.0813. The summed E-state index contributed by atoms with van der Waals surface area (Å²) >= 11 is 0. The molecule has 1 fully saturated rings. The Morgan fingerprint density at radius 1 is 1.23 bits per heavy atom. The smallest absolute Gasteiger partial charge is 0.253 e. The van der Waals surface area contributed by atoms with Crippen LogP contribution in [0.15, 0.2) is 43.0 Å². The number of carbonyl (C=O) groups is 1. The van der Waals surface area contributed by atoms with E-state index in [0.29, 0.717) is 18.5 Å². The molecule has 0 N–H and O–H groups in total. The van der Waals surface area contributed by atoms with E-state index in [1.54, 1.807) is 36.6 Å². The number of benzene rings is 1. The Labute approximate surface area is 176 Å². The van der Waals surface area contributed by atoms with Crippen LogP contribution in [-0.2, 0) is 16.4 Å². The molecule has 0 spiro atoms. The Morgan fingerprint density at radius 2 is 1.97 bits per heavy atom. The molecular weight excluding hydrogens is 402 g/mol. The van der Waals surface area contributed by atoms with Gasteiger partial charge in [0.2, 0.25) is 0 Å². The van der Waals surface area contributed by atoms with Crippen LogP contribution in [0.5, 0.6) is 0 Å². The van der Waals surface area contributed by atoms with Crippen molar-refractivity contribution in [1.29, 1.82) is 0 Å². The van der Waals surface area contributed by atoms with E-state index in [9.17, 15) is 13.2 Å². The fourth-order valence-electron chi connectivity index (χ4n) is 3.97. The molecule has 0 saturated carbocycles. The molecule has 1 atom stereocenters. The summed E-state index contributed by atoms with van der Waals surface area (Å²) in [7, 11) is -1.22. The van der Waals surface area contributed by atoms with Gasteiger partial charge in [0.25, 0.3) is 5.91 Å². The Bertz CT molecular complexity index is 1160. The Morgan fingerprint density at radius 3 is 2.57 bits per heavy atom. The van der Waals surface area contributed by atoms with Crippen molar-refractivity contribution >= 4 is 15.7 Å². The maximum atomic E-state index is 12.9. The van der Waals surface area contributed by atoms with Crippen LogP contribution >= 0.6 is 0 Å². The van der Waals surface area contributed by atoms with Gasteiger partial charge < -0.3 is 9.47 Å². The van der Waals surface area contributed by atoms with Crippen molar-refractivity contribution in [3.8, 4) is 5.69 Å². The first kappa shape index (κ1) is 20.3. The van der Waals surface area contributed by atoms with Gasteiger partial charge in [0.05, 0.1) is 29.6 Å². The molecule has 8 nitrogen and oxygen atoms in total. The molecule has 0 unspecified atom stereocenters. The molecular formula is C21H25N5O3S. The van der Waals surface area contributed by atoms with Crippen molar-refractivity contribution in [3.63, 3.8) is 0 Å². The van der Waals surface area contributed by atoms with Crippen LogP contribution < -0.4 is 0 Å². The predicted octanol–water partition coefficient (Wildman–Crippen LogP) is 2.32. The maximum absolute atomic E-state index is 12.9. The fourth-order valence-corrected chi connectivity index (χ4v) is 5.66. The van der Waals surface area contributed by atoms with E-state index in [2.05, 4.69) is 10.1 Å². The number of hydrogen-bond acceptors (Lipinski definition) is 5. The average molecular weight is 428 g/mol. The predicted molar refractivity (Wildman–Crippen MR) is 113 cm³/mol. The summed E-state index contributed by atoms with van der Waals surface area (Å²) in [5, 5.41) is 4.59. The molecule has 1 aliphatic heterocycles. The van der Waals surface area contributed by atoms with E-state index in [4.69, 9.17) is 0 Å². The maximum Gasteiger partial charge on any atom is 0.253 e. The van der Waals surface area contributed by atoms with Crippen molar-refractivity contribution in [2.75, 3.05) is 18.6 Å². The molecule has 4 rings (SSSR count). The fraction of sp³-hybridized carbons (Fsp3) is 0.381. The normalized spacial score (nSPS) is 17.9. The molecule has 1 aliphatic rings. The number of sulfone groups is 1. The van der Waals surface area contributed by atoms with E-state index in [1.807, 2.05) is 41.4 Å². The van der Waals surface area contributed by atoms with E-state index < -0.39 is 9.84 Å². The number of amides is 1. The lowest BCUT2D eigenvalue weighted by atomic mass is 10.1. The molecule has 3 aromatic rings. The van der Waals surface area contributed by atoms with Gasteiger partial charge in [-0.15, -0.1) is 0 Å². The summed E-state index contributed by atoms with van der Waals surface area (Å²) in [6.07, 6.45) is 5.85. The van der Waals surface area contributed by atoms with E-state index in [-0.39, 0.29) is 23.5 Å². The highest BCUT2D eigenvalue weighted by Crippen LogP contribution is 2.27. The minimum atomic E-state index is -2.99.